The number of rotatable bonds is 12. The Morgan fingerprint density at radius 1 is 1.00 bits per heavy atom. The highest BCUT2D eigenvalue weighted by Gasteiger charge is 2.29. The maximum Gasteiger partial charge on any atom is 0.472 e. The van der Waals surface area contributed by atoms with Crippen molar-refractivity contribution < 1.29 is 38.3 Å². The first-order valence-corrected chi connectivity index (χ1v) is 8.14. The molecule has 0 aliphatic carbocycles. The summed E-state index contributed by atoms with van der Waals surface area (Å²) < 4.78 is 21.4. The quantitative estimate of drug-likeness (QED) is 0.278. The Balaban J connectivity index is 4.48. The van der Waals surface area contributed by atoms with Crippen LogP contribution in [0.4, 0.5) is 0 Å². The number of quaternary nitrogens is 1. The molecule has 122 valence electrons. The second-order valence-corrected chi connectivity index (χ2v) is 6.27. The van der Waals surface area contributed by atoms with E-state index in [0.29, 0.717) is 19.6 Å². The molecule has 0 amide bonds. The lowest BCUT2D eigenvalue weighted by Crippen LogP contribution is -2.54. The maximum absolute atomic E-state index is 11.5. The molecule has 0 bridgehead atoms. The summed E-state index contributed by atoms with van der Waals surface area (Å²) in [4.78, 5) is 9.43. The van der Waals surface area contributed by atoms with Gasteiger partial charge in [-0.1, -0.05) is 0 Å². The van der Waals surface area contributed by atoms with Crippen molar-refractivity contribution in [3.05, 3.63) is 0 Å². The van der Waals surface area contributed by atoms with Gasteiger partial charge in [0.15, 0.2) is 0 Å². The zero-order chi connectivity index (χ0) is 15.6. The molecule has 9 heteroatoms. The van der Waals surface area contributed by atoms with Gasteiger partial charge in [-0.2, -0.15) is 0 Å². The second-order valence-electron chi connectivity index (χ2n) is 4.86. The molecule has 0 saturated heterocycles. The Labute approximate surface area is 119 Å². The number of nitrogens with zero attached hydrogens (tertiary/aromatic N) is 1. The van der Waals surface area contributed by atoms with Gasteiger partial charge in [0.25, 0.3) is 0 Å². The lowest BCUT2D eigenvalue weighted by Gasteiger charge is -2.37. The van der Waals surface area contributed by atoms with Gasteiger partial charge < -0.3 is 24.7 Å². The summed E-state index contributed by atoms with van der Waals surface area (Å²) in [5.74, 6) is 0. The topological polar surface area (TPSA) is 116 Å². The van der Waals surface area contributed by atoms with Crippen molar-refractivity contribution in [2.24, 2.45) is 0 Å². The first kappa shape index (κ1) is 19.9. The molecule has 20 heavy (non-hydrogen) atoms. The zero-order valence-corrected chi connectivity index (χ0v) is 13.0. The summed E-state index contributed by atoms with van der Waals surface area (Å²) in [6.45, 7) is 4.10. The normalized spacial score (nSPS) is 15.6. The predicted octanol–water partition coefficient (Wildman–Crippen LogP) is -0.678. The molecule has 0 aromatic heterocycles. The standard InChI is InChI=1S/C11H26NO7P/c1-11(2)19-20(16,17)18-10-6-12(3-7-13,4-8-14)5-9-15/h11,13-15H,3-10H2,1-2H3/p+1. The van der Waals surface area contributed by atoms with Crippen LogP contribution in [0.2, 0.25) is 0 Å². The number of hydrogen-bond acceptors (Lipinski definition) is 6. The zero-order valence-electron chi connectivity index (χ0n) is 12.1. The van der Waals surface area contributed by atoms with Gasteiger partial charge in [0.1, 0.15) is 32.8 Å². The van der Waals surface area contributed by atoms with Crippen LogP contribution in [-0.2, 0) is 13.6 Å². The minimum atomic E-state index is -4.09. The summed E-state index contributed by atoms with van der Waals surface area (Å²) in [6.07, 6.45) is -0.433. The monoisotopic (exact) mass is 316 g/mol. The number of aliphatic hydroxyl groups excluding tert-OH is 3. The van der Waals surface area contributed by atoms with E-state index in [1.807, 2.05) is 0 Å². The first-order valence-electron chi connectivity index (χ1n) is 6.64. The molecule has 0 spiro atoms. The van der Waals surface area contributed by atoms with Crippen LogP contribution in [0.5, 0.6) is 0 Å². The van der Waals surface area contributed by atoms with Gasteiger partial charge >= 0.3 is 7.82 Å². The summed E-state index contributed by atoms with van der Waals surface area (Å²) in [7, 11) is -4.09. The van der Waals surface area contributed by atoms with Crippen molar-refractivity contribution in [1.29, 1.82) is 0 Å². The van der Waals surface area contributed by atoms with E-state index in [-0.39, 0.29) is 37.5 Å². The molecule has 0 aliphatic rings. The molecule has 1 unspecified atom stereocenters. The van der Waals surface area contributed by atoms with E-state index in [1.165, 1.54) is 0 Å². The van der Waals surface area contributed by atoms with E-state index in [1.54, 1.807) is 13.8 Å². The molecular weight excluding hydrogens is 289 g/mol. The Morgan fingerprint density at radius 2 is 1.45 bits per heavy atom. The SMILES string of the molecule is CC(C)OP(=O)(O)OCC[N+](CCO)(CCO)CCO. The van der Waals surface area contributed by atoms with Crippen molar-refractivity contribution in [3.63, 3.8) is 0 Å². The summed E-state index contributed by atoms with van der Waals surface area (Å²) in [6, 6.07) is 0. The molecule has 0 fully saturated rings. The van der Waals surface area contributed by atoms with Crippen LogP contribution < -0.4 is 0 Å². The van der Waals surface area contributed by atoms with Gasteiger partial charge in [0, 0.05) is 0 Å². The van der Waals surface area contributed by atoms with E-state index in [2.05, 4.69) is 0 Å². The molecule has 0 saturated carbocycles. The average molecular weight is 316 g/mol. The highest BCUT2D eigenvalue weighted by molar-refractivity contribution is 7.47. The predicted molar refractivity (Wildman–Crippen MR) is 73.0 cm³/mol. The van der Waals surface area contributed by atoms with Gasteiger partial charge in [-0.3, -0.25) is 9.05 Å². The lowest BCUT2D eigenvalue weighted by atomic mass is 10.3. The third-order valence-electron chi connectivity index (χ3n) is 2.89. The third-order valence-corrected chi connectivity index (χ3v) is 4.08. The number of hydrogen-bond donors (Lipinski definition) is 4. The summed E-state index contributed by atoms with van der Waals surface area (Å²) >= 11 is 0. The van der Waals surface area contributed by atoms with Crippen molar-refractivity contribution >= 4 is 7.82 Å². The largest absolute Gasteiger partial charge is 0.472 e. The summed E-state index contributed by atoms with van der Waals surface area (Å²) in [5.41, 5.74) is 0. The minimum Gasteiger partial charge on any atom is -0.391 e. The van der Waals surface area contributed by atoms with Crippen LogP contribution in [-0.4, -0.2) is 83.4 Å². The van der Waals surface area contributed by atoms with E-state index < -0.39 is 13.9 Å². The van der Waals surface area contributed by atoms with E-state index in [0.717, 1.165) is 0 Å². The van der Waals surface area contributed by atoms with Crippen molar-refractivity contribution in [3.8, 4) is 0 Å². The first-order chi connectivity index (χ1) is 9.31. The number of aliphatic hydroxyl groups is 3. The van der Waals surface area contributed by atoms with Crippen LogP contribution in [0.3, 0.4) is 0 Å². The van der Waals surface area contributed by atoms with Gasteiger partial charge in [0.2, 0.25) is 0 Å². The Morgan fingerprint density at radius 3 is 1.80 bits per heavy atom. The molecule has 0 aromatic carbocycles. The van der Waals surface area contributed by atoms with Crippen LogP contribution in [0.15, 0.2) is 0 Å². The van der Waals surface area contributed by atoms with Gasteiger partial charge in [-0.25, -0.2) is 4.57 Å². The van der Waals surface area contributed by atoms with Crippen LogP contribution in [0.25, 0.3) is 0 Å². The molecule has 0 aromatic rings. The van der Waals surface area contributed by atoms with Crippen molar-refractivity contribution in [2.75, 3.05) is 52.6 Å². The van der Waals surface area contributed by atoms with Crippen molar-refractivity contribution in [1.82, 2.24) is 0 Å². The smallest absolute Gasteiger partial charge is 0.391 e. The molecule has 0 radical (unpaired) electrons. The summed E-state index contributed by atoms with van der Waals surface area (Å²) in [5, 5.41) is 27.3. The Hall–Kier alpha value is -0.0500. The second kappa shape index (κ2) is 9.81. The fourth-order valence-corrected chi connectivity index (χ4v) is 2.86. The Bertz CT molecular complexity index is 283. The van der Waals surface area contributed by atoms with Gasteiger partial charge in [0.05, 0.1) is 25.9 Å². The van der Waals surface area contributed by atoms with Gasteiger partial charge in [-0.05, 0) is 13.8 Å². The number of phosphoric ester groups is 1. The minimum absolute atomic E-state index is 0.0690. The molecule has 4 N–H and O–H groups in total. The van der Waals surface area contributed by atoms with Crippen LogP contribution in [0, 0.1) is 0 Å². The average Bonchev–Trinajstić information content (AvgIpc) is 2.27. The fourth-order valence-electron chi connectivity index (χ4n) is 1.95. The van der Waals surface area contributed by atoms with E-state index in [4.69, 9.17) is 24.4 Å². The van der Waals surface area contributed by atoms with Gasteiger partial charge in [-0.15, -0.1) is 0 Å². The lowest BCUT2D eigenvalue weighted by molar-refractivity contribution is -0.929. The van der Waals surface area contributed by atoms with E-state index >= 15 is 0 Å². The molecule has 1 atom stereocenters. The highest BCUT2D eigenvalue weighted by Crippen LogP contribution is 2.44. The third kappa shape index (κ3) is 8.28. The van der Waals surface area contributed by atoms with Crippen molar-refractivity contribution in [2.45, 2.75) is 20.0 Å². The molecular formula is C11H27NO7P+. The molecule has 0 rings (SSSR count). The number of phosphoric acid groups is 1. The Kier molecular flexibility index (Phi) is 9.78. The molecule has 0 aliphatic heterocycles. The molecule has 8 nitrogen and oxygen atoms in total. The maximum atomic E-state index is 11.5. The fraction of sp³-hybridized carbons (Fsp3) is 1.00. The van der Waals surface area contributed by atoms with Crippen LogP contribution >= 0.6 is 7.82 Å². The molecule has 0 heterocycles. The van der Waals surface area contributed by atoms with Crippen LogP contribution in [0.1, 0.15) is 13.8 Å². The highest BCUT2D eigenvalue weighted by atomic mass is 31.2. The van der Waals surface area contributed by atoms with E-state index in [9.17, 15) is 9.46 Å².